The summed E-state index contributed by atoms with van der Waals surface area (Å²) in [5, 5.41) is 12.4. The molecule has 4 nitrogen and oxygen atoms in total. The van der Waals surface area contributed by atoms with Crippen LogP contribution in [0.1, 0.15) is 38.7 Å². The molecule has 0 saturated heterocycles. The van der Waals surface area contributed by atoms with Crippen LogP contribution in [0.25, 0.3) is 0 Å². The van der Waals surface area contributed by atoms with Crippen molar-refractivity contribution >= 4 is 5.97 Å². The van der Waals surface area contributed by atoms with Crippen molar-refractivity contribution in [2.45, 2.75) is 45.1 Å². The molecule has 0 bridgehead atoms. The number of nitrogens with one attached hydrogen (secondary N) is 1. The highest BCUT2D eigenvalue weighted by Gasteiger charge is 2.31. The normalized spacial score (nSPS) is 13.8. The first-order valence-electron chi connectivity index (χ1n) is 7.68. The number of carboxylic acids is 1. The molecule has 0 heterocycles. The van der Waals surface area contributed by atoms with Gasteiger partial charge in [-0.25, -0.2) is 0 Å². The highest BCUT2D eigenvalue weighted by Crippen LogP contribution is 2.11. The zero-order chi connectivity index (χ0) is 15.6. The number of ether oxygens (including phenoxy) is 1. The van der Waals surface area contributed by atoms with Gasteiger partial charge in [-0.2, -0.15) is 0 Å². The van der Waals surface area contributed by atoms with Crippen molar-refractivity contribution in [3.05, 3.63) is 35.9 Å². The molecular formula is C17H27NO3. The summed E-state index contributed by atoms with van der Waals surface area (Å²) in [6, 6.07) is 10.3. The van der Waals surface area contributed by atoms with Crippen LogP contribution < -0.4 is 5.32 Å². The Balaban J connectivity index is 2.18. The summed E-state index contributed by atoms with van der Waals surface area (Å²) in [6.07, 6.45) is 3.34. The number of carboxylic acid groups (broad SMARTS) is 1. The van der Waals surface area contributed by atoms with Crippen LogP contribution in [0.15, 0.2) is 30.3 Å². The minimum absolute atomic E-state index is 0.467. The standard InChI is InChI=1S/C17H27NO3/c1-3-12-18-17(2,16(19)20)11-14-21-13-7-10-15-8-5-4-6-9-15/h4-6,8-9,18H,3,7,10-14H2,1-2H3,(H,19,20). The molecule has 1 aromatic carbocycles. The smallest absolute Gasteiger partial charge is 0.323 e. The SMILES string of the molecule is CCCNC(C)(CCOCCCc1ccccc1)C(=O)O. The van der Waals surface area contributed by atoms with E-state index in [4.69, 9.17) is 4.74 Å². The van der Waals surface area contributed by atoms with E-state index in [1.165, 1.54) is 5.56 Å². The average molecular weight is 293 g/mol. The molecule has 0 radical (unpaired) electrons. The van der Waals surface area contributed by atoms with Crippen LogP contribution in [0.5, 0.6) is 0 Å². The Labute approximate surface area is 127 Å². The molecule has 0 fully saturated rings. The minimum Gasteiger partial charge on any atom is -0.480 e. The van der Waals surface area contributed by atoms with Crippen LogP contribution in [0.2, 0.25) is 0 Å². The number of aliphatic carboxylic acids is 1. The van der Waals surface area contributed by atoms with Gasteiger partial charge in [-0.05, 0) is 44.7 Å². The second-order valence-corrected chi connectivity index (χ2v) is 5.52. The zero-order valence-corrected chi connectivity index (χ0v) is 13.1. The maximum atomic E-state index is 11.3. The molecule has 1 aromatic rings. The third-order valence-electron chi connectivity index (χ3n) is 3.58. The van der Waals surface area contributed by atoms with E-state index in [-0.39, 0.29) is 0 Å². The van der Waals surface area contributed by atoms with Gasteiger partial charge in [-0.3, -0.25) is 4.79 Å². The fraction of sp³-hybridized carbons (Fsp3) is 0.588. The average Bonchev–Trinajstić information content (AvgIpc) is 2.49. The van der Waals surface area contributed by atoms with Crippen molar-refractivity contribution in [1.82, 2.24) is 5.32 Å². The molecule has 0 aliphatic rings. The monoisotopic (exact) mass is 293 g/mol. The van der Waals surface area contributed by atoms with E-state index in [1.54, 1.807) is 6.92 Å². The number of benzene rings is 1. The number of aryl methyl sites for hydroxylation is 1. The molecule has 1 rings (SSSR count). The first-order chi connectivity index (χ1) is 10.1. The molecule has 0 saturated carbocycles. The van der Waals surface area contributed by atoms with E-state index < -0.39 is 11.5 Å². The number of hydrogen-bond donors (Lipinski definition) is 2. The fourth-order valence-corrected chi connectivity index (χ4v) is 2.07. The summed E-state index contributed by atoms with van der Waals surface area (Å²) in [7, 11) is 0. The van der Waals surface area contributed by atoms with Gasteiger partial charge >= 0.3 is 5.97 Å². The van der Waals surface area contributed by atoms with Gasteiger partial charge in [0.15, 0.2) is 0 Å². The number of hydrogen-bond acceptors (Lipinski definition) is 3. The Kier molecular flexibility index (Phi) is 8.01. The minimum atomic E-state index is -0.893. The van der Waals surface area contributed by atoms with Crippen molar-refractivity contribution in [2.75, 3.05) is 19.8 Å². The molecule has 0 aliphatic carbocycles. The quantitative estimate of drug-likeness (QED) is 0.616. The van der Waals surface area contributed by atoms with E-state index in [9.17, 15) is 9.90 Å². The highest BCUT2D eigenvalue weighted by molar-refractivity contribution is 5.78. The Morgan fingerprint density at radius 2 is 2.00 bits per heavy atom. The zero-order valence-electron chi connectivity index (χ0n) is 13.1. The van der Waals surface area contributed by atoms with Crippen molar-refractivity contribution < 1.29 is 14.6 Å². The summed E-state index contributed by atoms with van der Waals surface area (Å²) in [5.74, 6) is -0.816. The Hall–Kier alpha value is -1.39. The molecule has 4 heteroatoms. The van der Waals surface area contributed by atoms with E-state index in [0.29, 0.717) is 26.2 Å². The lowest BCUT2D eigenvalue weighted by Crippen LogP contribution is -2.50. The largest absolute Gasteiger partial charge is 0.480 e. The number of carbonyl (C=O) groups is 1. The molecular weight excluding hydrogens is 266 g/mol. The third kappa shape index (κ3) is 6.74. The Bertz CT molecular complexity index is 408. The summed E-state index contributed by atoms with van der Waals surface area (Å²) >= 11 is 0. The predicted molar refractivity (Wildman–Crippen MR) is 84.5 cm³/mol. The van der Waals surface area contributed by atoms with Gasteiger partial charge in [0.1, 0.15) is 5.54 Å². The molecule has 1 unspecified atom stereocenters. The second kappa shape index (κ2) is 9.53. The maximum Gasteiger partial charge on any atom is 0.323 e. The molecule has 0 aromatic heterocycles. The molecule has 0 amide bonds. The topological polar surface area (TPSA) is 58.6 Å². The first-order valence-corrected chi connectivity index (χ1v) is 7.68. The van der Waals surface area contributed by atoms with Gasteiger partial charge in [-0.15, -0.1) is 0 Å². The van der Waals surface area contributed by atoms with Crippen LogP contribution in [-0.2, 0) is 16.0 Å². The Morgan fingerprint density at radius 1 is 1.29 bits per heavy atom. The van der Waals surface area contributed by atoms with Crippen LogP contribution in [0.3, 0.4) is 0 Å². The van der Waals surface area contributed by atoms with Gasteiger partial charge in [0.25, 0.3) is 0 Å². The van der Waals surface area contributed by atoms with Crippen molar-refractivity contribution in [2.24, 2.45) is 0 Å². The lowest BCUT2D eigenvalue weighted by Gasteiger charge is -2.26. The van der Waals surface area contributed by atoms with Crippen LogP contribution in [0, 0.1) is 0 Å². The van der Waals surface area contributed by atoms with Gasteiger partial charge in [0.05, 0.1) is 0 Å². The Morgan fingerprint density at radius 3 is 2.62 bits per heavy atom. The predicted octanol–water partition coefficient (Wildman–Crippen LogP) is 2.87. The van der Waals surface area contributed by atoms with E-state index >= 15 is 0 Å². The van der Waals surface area contributed by atoms with Crippen LogP contribution in [-0.4, -0.2) is 36.4 Å². The molecule has 21 heavy (non-hydrogen) atoms. The van der Waals surface area contributed by atoms with Crippen LogP contribution >= 0.6 is 0 Å². The third-order valence-corrected chi connectivity index (χ3v) is 3.58. The lowest BCUT2D eigenvalue weighted by atomic mass is 9.98. The summed E-state index contributed by atoms with van der Waals surface area (Å²) < 4.78 is 5.58. The summed E-state index contributed by atoms with van der Waals surface area (Å²) in [5.41, 5.74) is 0.413. The molecule has 0 aliphatic heterocycles. The van der Waals surface area contributed by atoms with Crippen LogP contribution in [0.4, 0.5) is 0 Å². The maximum absolute atomic E-state index is 11.3. The van der Waals surface area contributed by atoms with Gasteiger partial charge < -0.3 is 15.2 Å². The van der Waals surface area contributed by atoms with Gasteiger partial charge in [0.2, 0.25) is 0 Å². The summed E-state index contributed by atoms with van der Waals surface area (Å²) in [6.45, 7) is 5.58. The lowest BCUT2D eigenvalue weighted by molar-refractivity contribution is -0.145. The highest BCUT2D eigenvalue weighted by atomic mass is 16.5. The fourth-order valence-electron chi connectivity index (χ4n) is 2.07. The molecule has 118 valence electrons. The first kappa shape index (κ1) is 17.7. The van der Waals surface area contributed by atoms with Crippen molar-refractivity contribution in [3.63, 3.8) is 0 Å². The van der Waals surface area contributed by atoms with E-state index in [1.807, 2.05) is 25.1 Å². The second-order valence-electron chi connectivity index (χ2n) is 5.52. The van der Waals surface area contributed by atoms with Crippen molar-refractivity contribution in [3.8, 4) is 0 Å². The van der Waals surface area contributed by atoms with E-state index in [2.05, 4.69) is 17.4 Å². The van der Waals surface area contributed by atoms with E-state index in [0.717, 1.165) is 19.3 Å². The number of rotatable bonds is 11. The van der Waals surface area contributed by atoms with Crippen molar-refractivity contribution in [1.29, 1.82) is 0 Å². The molecule has 0 spiro atoms. The molecule has 2 N–H and O–H groups in total. The molecule has 1 atom stereocenters. The summed E-state index contributed by atoms with van der Waals surface area (Å²) in [4.78, 5) is 11.3. The van der Waals surface area contributed by atoms with Gasteiger partial charge in [-0.1, -0.05) is 37.3 Å². The van der Waals surface area contributed by atoms with Gasteiger partial charge in [0, 0.05) is 13.2 Å².